The molecule has 3 N–H and O–H groups in total. The van der Waals surface area contributed by atoms with Crippen LogP contribution in [0.1, 0.15) is 30.0 Å². The Morgan fingerprint density at radius 2 is 1.94 bits per heavy atom. The summed E-state index contributed by atoms with van der Waals surface area (Å²) in [5, 5.41) is 14.5. The highest BCUT2D eigenvalue weighted by atomic mass is 19.3. The van der Waals surface area contributed by atoms with Crippen LogP contribution in [0.15, 0.2) is 54.6 Å². The van der Waals surface area contributed by atoms with Gasteiger partial charge in [0.1, 0.15) is 6.17 Å². The lowest BCUT2D eigenvalue weighted by Crippen LogP contribution is -2.36. The summed E-state index contributed by atoms with van der Waals surface area (Å²) in [5.41, 5.74) is 4.28. The van der Waals surface area contributed by atoms with Crippen molar-refractivity contribution in [3.05, 3.63) is 65.8 Å². The Morgan fingerprint density at radius 1 is 1.10 bits per heavy atom. The molecular weight excluding hydrogens is 404 g/mol. The number of alkyl halides is 2. The smallest absolute Gasteiger partial charge is 0.395 e. The van der Waals surface area contributed by atoms with E-state index >= 15 is 0 Å². The van der Waals surface area contributed by atoms with Crippen LogP contribution in [-0.4, -0.2) is 35.3 Å². The third-order valence-electron chi connectivity index (χ3n) is 6.07. The van der Waals surface area contributed by atoms with E-state index in [4.69, 9.17) is 4.74 Å². The van der Waals surface area contributed by atoms with Crippen molar-refractivity contribution in [3.63, 3.8) is 0 Å². The van der Waals surface area contributed by atoms with E-state index in [1.54, 1.807) is 12.1 Å². The zero-order valence-electron chi connectivity index (χ0n) is 16.6. The fraction of sp³-hybridized carbons (Fsp3) is 0.318. The molecule has 1 aromatic heterocycles. The highest BCUT2D eigenvalue weighted by molar-refractivity contribution is 5.91. The van der Waals surface area contributed by atoms with E-state index in [2.05, 4.69) is 38.1 Å². The molecule has 7 nitrogen and oxygen atoms in total. The molecular formula is C22H21F2N5O2. The minimum Gasteiger partial charge on any atom is -0.395 e. The van der Waals surface area contributed by atoms with Gasteiger partial charge in [-0.05, 0) is 38.1 Å². The molecule has 0 amide bonds. The fourth-order valence-electron chi connectivity index (χ4n) is 4.52. The Kier molecular flexibility index (Phi) is 4.07. The van der Waals surface area contributed by atoms with E-state index in [0.29, 0.717) is 11.6 Å². The maximum Gasteiger partial charge on any atom is 0.586 e. The first-order chi connectivity index (χ1) is 15.1. The average Bonchev–Trinajstić information content (AvgIpc) is 3.49. The molecule has 160 valence electrons. The zero-order valence-corrected chi connectivity index (χ0v) is 16.6. The topological polar surface area (TPSA) is 72.4 Å². The third-order valence-corrected chi connectivity index (χ3v) is 6.07. The van der Waals surface area contributed by atoms with Gasteiger partial charge in [-0.2, -0.15) is 5.10 Å². The summed E-state index contributed by atoms with van der Waals surface area (Å²) in [6, 6.07) is 5.33. The van der Waals surface area contributed by atoms with E-state index in [9.17, 15) is 8.78 Å². The van der Waals surface area contributed by atoms with E-state index in [1.165, 1.54) is 6.07 Å². The molecule has 1 aromatic carbocycles. The maximum absolute atomic E-state index is 13.6. The van der Waals surface area contributed by atoms with Crippen molar-refractivity contribution < 1.29 is 18.3 Å². The quantitative estimate of drug-likeness (QED) is 0.703. The highest BCUT2D eigenvalue weighted by Crippen LogP contribution is 2.48. The van der Waals surface area contributed by atoms with Crippen molar-refractivity contribution in [1.82, 2.24) is 25.7 Å². The SMILES string of the molecule is FC1(F)Oc2cccc(C3=CNC4NC=C(c5cnn(C6CCNCC6)c5)C=C34)c2O1. The summed E-state index contributed by atoms with van der Waals surface area (Å²) < 4.78 is 38.7. The van der Waals surface area contributed by atoms with Crippen molar-refractivity contribution in [2.24, 2.45) is 0 Å². The van der Waals surface area contributed by atoms with Gasteiger partial charge in [-0.1, -0.05) is 12.1 Å². The lowest BCUT2D eigenvalue weighted by molar-refractivity contribution is -0.286. The second kappa shape index (κ2) is 6.84. The van der Waals surface area contributed by atoms with Crippen LogP contribution >= 0.6 is 0 Å². The zero-order chi connectivity index (χ0) is 21.0. The minimum absolute atomic E-state index is 0.0373. The summed E-state index contributed by atoms with van der Waals surface area (Å²) in [6.45, 7) is 2.00. The molecule has 1 saturated heterocycles. The lowest BCUT2D eigenvalue weighted by atomic mass is 9.93. The molecule has 2 aromatic rings. The van der Waals surface area contributed by atoms with Gasteiger partial charge in [0.2, 0.25) is 0 Å². The number of hydrogen-bond acceptors (Lipinski definition) is 6. The van der Waals surface area contributed by atoms with E-state index in [-0.39, 0.29) is 17.7 Å². The largest absolute Gasteiger partial charge is 0.586 e. The van der Waals surface area contributed by atoms with Gasteiger partial charge in [0.05, 0.1) is 12.2 Å². The molecule has 0 spiro atoms. The van der Waals surface area contributed by atoms with Gasteiger partial charge in [0.15, 0.2) is 11.5 Å². The number of ether oxygens (including phenoxy) is 2. The van der Waals surface area contributed by atoms with E-state index < -0.39 is 6.29 Å². The van der Waals surface area contributed by atoms with Gasteiger partial charge in [-0.25, -0.2) is 0 Å². The first kappa shape index (κ1) is 18.4. The van der Waals surface area contributed by atoms with Gasteiger partial charge in [0.25, 0.3) is 0 Å². The molecule has 0 radical (unpaired) electrons. The number of nitrogens with one attached hydrogen (secondary N) is 3. The maximum atomic E-state index is 13.6. The Labute approximate surface area is 177 Å². The van der Waals surface area contributed by atoms with Crippen LogP contribution in [0.4, 0.5) is 8.78 Å². The number of fused-ring (bicyclic) bond motifs is 2. The fourth-order valence-corrected chi connectivity index (χ4v) is 4.52. The van der Waals surface area contributed by atoms with Crippen LogP contribution in [0, 0.1) is 0 Å². The minimum atomic E-state index is -3.65. The first-order valence-electron chi connectivity index (χ1n) is 10.4. The molecule has 1 atom stereocenters. The number of nitrogens with zero attached hydrogens (tertiary/aromatic N) is 2. The molecule has 1 fully saturated rings. The molecule has 5 heterocycles. The second-order valence-electron chi connectivity index (χ2n) is 8.01. The summed E-state index contributed by atoms with van der Waals surface area (Å²) in [6.07, 6.45) is 8.09. The lowest BCUT2D eigenvalue weighted by Gasteiger charge is -2.23. The summed E-state index contributed by atoms with van der Waals surface area (Å²) in [7, 11) is 0. The molecule has 0 bridgehead atoms. The number of piperidine rings is 1. The number of dihydropyridines is 1. The van der Waals surface area contributed by atoms with E-state index in [0.717, 1.165) is 48.2 Å². The summed E-state index contributed by atoms with van der Waals surface area (Å²) >= 11 is 0. The first-order valence-corrected chi connectivity index (χ1v) is 10.4. The van der Waals surface area contributed by atoms with Crippen molar-refractivity contribution in [3.8, 4) is 11.5 Å². The predicted octanol–water partition coefficient (Wildman–Crippen LogP) is 2.97. The van der Waals surface area contributed by atoms with Gasteiger partial charge in [-0.15, -0.1) is 8.78 Å². The van der Waals surface area contributed by atoms with Gasteiger partial charge in [-0.3, -0.25) is 4.68 Å². The van der Waals surface area contributed by atoms with E-state index in [1.807, 2.05) is 23.3 Å². The van der Waals surface area contributed by atoms with Gasteiger partial charge in [0, 0.05) is 46.4 Å². The molecule has 0 aliphatic carbocycles. The van der Waals surface area contributed by atoms with Crippen LogP contribution in [0.3, 0.4) is 0 Å². The molecule has 4 aliphatic heterocycles. The van der Waals surface area contributed by atoms with Crippen molar-refractivity contribution in [2.45, 2.75) is 31.3 Å². The molecule has 1 unspecified atom stereocenters. The average molecular weight is 425 g/mol. The van der Waals surface area contributed by atoms with Crippen LogP contribution in [0.25, 0.3) is 11.1 Å². The molecule has 9 heteroatoms. The monoisotopic (exact) mass is 425 g/mol. The number of allylic oxidation sites excluding steroid dienone is 2. The second-order valence-corrected chi connectivity index (χ2v) is 8.01. The molecule has 31 heavy (non-hydrogen) atoms. The van der Waals surface area contributed by atoms with Crippen LogP contribution < -0.4 is 25.4 Å². The molecule has 0 saturated carbocycles. The number of aromatic nitrogens is 2. The number of benzene rings is 1. The van der Waals surface area contributed by atoms with Crippen molar-refractivity contribution >= 4 is 11.1 Å². The number of rotatable bonds is 3. The Hall–Kier alpha value is -3.33. The summed E-state index contributed by atoms with van der Waals surface area (Å²) in [5.74, 6) is 0.0900. The Balaban J connectivity index is 1.31. The van der Waals surface area contributed by atoms with Crippen LogP contribution in [0.5, 0.6) is 11.5 Å². The number of para-hydroxylation sites is 1. The summed E-state index contributed by atoms with van der Waals surface area (Å²) in [4.78, 5) is 0. The van der Waals surface area contributed by atoms with Crippen molar-refractivity contribution in [2.75, 3.05) is 13.1 Å². The van der Waals surface area contributed by atoms with Crippen molar-refractivity contribution in [1.29, 1.82) is 0 Å². The van der Waals surface area contributed by atoms with Crippen LogP contribution in [0.2, 0.25) is 0 Å². The number of halogens is 2. The van der Waals surface area contributed by atoms with Crippen LogP contribution in [-0.2, 0) is 0 Å². The standard InChI is InChI=1S/C22H21F2N5O2/c23-22(24)30-19-3-1-2-16(20(19)31-22)18-11-27-21-17(18)8-13(9-26-21)14-10-28-29(12-14)15-4-6-25-7-5-15/h1-3,8-12,15,21,25-27H,4-7H2. The third kappa shape index (κ3) is 3.16. The Bertz CT molecular complexity index is 1130. The predicted molar refractivity (Wildman–Crippen MR) is 110 cm³/mol. The normalized spacial score (nSPS) is 23.9. The van der Waals surface area contributed by atoms with Gasteiger partial charge < -0.3 is 25.4 Å². The Morgan fingerprint density at radius 3 is 2.81 bits per heavy atom. The number of hydrogen-bond donors (Lipinski definition) is 3. The molecule has 4 aliphatic rings. The van der Waals surface area contributed by atoms with Gasteiger partial charge >= 0.3 is 6.29 Å². The highest BCUT2D eigenvalue weighted by Gasteiger charge is 2.45. The molecule has 6 rings (SSSR count).